The summed E-state index contributed by atoms with van der Waals surface area (Å²) in [4.78, 5) is 23.7. The fourth-order valence-electron chi connectivity index (χ4n) is 2.59. The van der Waals surface area contributed by atoms with Crippen LogP contribution in [0.1, 0.15) is 29.5 Å². The van der Waals surface area contributed by atoms with Crippen molar-refractivity contribution in [2.24, 2.45) is 5.92 Å². The van der Waals surface area contributed by atoms with Gasteiger partial charge in [-0.2, -0.15) is 0 Å². The SMILES string of the molecule is Cc1cc(CNC(=O)NCc2cccc(NC(=O)C3CC3)c2)ccc1F. The van der Waals surface area contributed by atoms with E-state index in [1.54, 1.807) is 19.1 Å². The highest BCUT2D eigenvalue weighted by molar-refractivity contribution is 5.94. The maximum absolute atomic E-state index is 13.2. The Balaban J connectivity index is 1.46. The van der Waals surface area contributed by atoms with Crippen LogP contribution in [0.4, 0.5) is 14.9 Å². The molecule has 0 atom stereocenters. The number of anilines is 1. The molecule has 0 spiro atoms. The molecule has 5 nitrogen and oxygen atoms in total. The highest BCUT2D eigenvalue weighted by atomic mass is 19.1. The molecule has 0 aromatic heterocycles. The maximum Gasteiger partial charge on any atom is 0.315 e. The molecule has 1 aliphatic rings. The van der Waals surface area contributed by atoms with E-state index in [4.69, 9.17) is 0 Å². The van der Waals surface area contributed by atoms with Crippen molar-refractivity contribution >= 4 is 17.6 Å². The maximum atomic E-state index is 13.2. The van der Waals surface area contributed by atoms with Gasteiger partial charge in [0.25, 0.3) is 0 Å². The summed E-state index contributed by atoms with van der Waals surface area (Å²) in [5.74, 6) is -0.0491. The minimum absolute atomic E-state index is 0.0578. The van der Waals surface area contributed by atoms with Gasteiger partial charge >= 0.3 is 6.03 Å². The van der Waals surface area contributed by atoms with Crippen LogP contribution >= 0.6 is 0 Å². The van der Waals surface area contributed by atoms with E-state index in [9.17, 15) is 14.0 Å². The Hall–Kier alpha value is -2.89. The van der Waals surface area contributed by atoms with Crippen molar-refractivity contribution in [2.75, 3.05) is 5.32 Å². The first-order chi connectivity index (χ1) is 12.5. The van der Waals surface area contributed by atoms with Gasteiger partial charge in [-0.05, 0) is 54.7 Å². The average molecular weight is 355 g/mol. The number of hydrogen-bond acceptors (Lipinski definition) is 2. The van der Waals surface area contributed by atoms with Crippen molar-refractivity contribution < 1.29 is 14.0 Å². The van der Waals surface area contributed by atoms with E-state index in [-0.39, 0.29) is 23.7 Å². The van der Waals surface area contributed by atoms with E-state index in [0.717, 1.165) is 29.7 Å². The first kappa shape index (κ1) is 17.9. The number of amides is 3. The summed E-state index contributed by atoms with van der Waals surface area (Å²) in [5, 5.41) is 8.41. The molecule has 136 valence electrons. The van der Waals surface area contributed by atoms with Gasteiger partial charge in [0.2, 0.25) is 5.91 Å². The molecular weight excluding hydrogens is 333 g/mol. The molecular formula is C20H22FN3O2. The molecule has 0 aliphatic heterocycles. The molecule has 3 rings (SSSR count). The van der Waals surface area contributed by atoms with Crippen molar-refractivity contribution in [3.8, 4) is 0 Å². The molecule has 3 amide bonds. The molecule has 3 N–H and O–H groups in total. The predicted molar refractivity (Wildman–Crippen MR) is 98.0 cm³/mol. The smallest absolute Gasteiger partial charge is 0.315 e. The summed E-state index contributed by atoms with van der Waals surface area (Å²) in [6.07, 6.45) is 1.92. The number of hydrogen-bond donors (Lipinski definition) is 3. The van der Waals surface area contributed by atoms with E-state index in [1.165, 1.54) is 6.07 Å². The summed E-state index contributed by atoms with van der Waals surface area (Å²) in [7, 11) is 0. The summed E-state index contributed by atoms with van der Waals surface area (Å²) < 4.78 is 13.2. The van der Waals surface area contributed by atoms with E-state index in [0.29, 0.717) is 18.7 Å². The second-order valence-corrected chi connectivity index (χ2v) is 6.58. The standard InChI is InChI=1S/C20H22FN3O2/c1-13-9-15(5-8-18(13)21)12-23-20(26)22-11-14-3-2-4-17(10-14)24-19(25)16-6-7-16/h2-5,8-10,16H,6-7,11-12H2,1H3,(H,24,25)(H2,22,23,26). The molecule has 1 fully saturated rings. The first-order valence-electron chi connectivity index (χ1n) is 8.68. The van der Waals surface area contributed by atoms with Crippen molar-refractivity contribution in [3.63, 3.8) is 0 Å². The molecule has 2 aromatic rings. The molecule has 1 aliphatic carbocycles. The average Bonchev–Trinajstić information content (AvgIpc) is 3.46. The zero-order valence-corrected chi connectivity index (χ0v) is 14.6. The van der Waals surface area contributed by atoms with Gasteiger partial charge < -0.3 is 16.0 Å². The number of aryl methyl sites for hydroxylation is 1. The second kappa shape index (κ2) is 7.99. The van der Waals surface area contributed by atoms with E-state index in [2.05, 4.69) is 16.0 Å². The predicted octanol–water partition coefficient (Wildman–Crippen LogP) is 3.48. The van der Waals surface area contributed by atoms with Crippen molar-refractivity contribution in [3.05, 3.63) is 65.0 Å². The Labute approximate surface area is 152 Å². The van der Waals surface area contributed by atoms with Gasteiger partial charge in [0.05, 0.1) is 0 Å². The molecule has 0 saturated heterocycles. The molecule has 26 heavy (non-hydrogen) atoms. The van der Waals surface area contributed by atoms with Crippen LogP contribution in [0.15, 0.2) is 42.5 Å². The number of halogens is 1. The number of rotatable bonds is 6. The van der Waals surface area contributed by atoms with Gasteiger partial charge in [0.1, 0.15) is 5.82 Å². The van der Waals surface area contributed by atoms with Crippen LogP contribution in [0.5, 0.6) is 0 Å². The summed E-state index contributed by atoms with van der Waals surface area (Å²) in [6, 6.07) is 11.9. The normalized spacial score (nSPS) is 13.2. The fourth-order valence-corrected chi connectivity index (χ4v) is 2.59. The third-order valence-electron chi connectivity index (χ3n) is 4.27. The summed E-state index contributed by atoms with van der Waals surface area (Å²) >= 11 is 0. The van der Waals surface area contributed by atoms with Crippen LogP contribution in [0.2, 0.25) is 0 Å². The lowest BCUT2D eigenvalue weighted by Crippen LogP contribution is -2.34. The highest BCUT2D eigenvalue weighted by Crippen LogP contribution is 2.30. The zero-order chi connectivity index (χ0) is 18.5. The Morgan fingerprint density at radius 2 is 1.73 bits per heavy atom. The van der Waals surface area contributed by atoms with Crippen molar-refractivity contribution in [2.45, 2.75) is 32.9 Å². The molecule has 1 saturated carbocycles. The number of carbonyl (C=O) groups excluding carboxylic acids is 2. The topological polar surface area (TPSA) is 70.2 Å². The molecule has 0 unspecified atom stereocenters. The lowest BCUT2D eigenvalue weighted by atomic mass is 10.1. The quantitative estimate of drug-likeness (QED) is 0.742. The van der Waals surface area contributed by atoms with Crippen LogP contribution in [-0.2, 0) is 17.9 Å². The zero-order valence-electron chi connectivity index (χ0n) is 14.6. The van der Waals surface area contributed by atoms with Crippen LogP contribution in [-0.4, -0.2) is 11.9 Å². The van der Waals surface area contributed by atoms with E-state index in [1.807, 2.05) is 24.3 Å². The lowest BCUT2D eigenvalue weighted by Gasteiger charge is -2.10. The number of urea groups is 1. The fraction of sp³-hybridized carbons (Fsp3) is 0.300. The molecule has 0 bridgehead atoms. The Bertz CT molecular complexity index is 818. The van der Waals surface area contributed by atoms with Gasteiger partial charge in [0, 0.05) is 24.7 Å². The van der Waals surface area contributed by atoms with Crippen LogP contribution in [0, 0.1) is 18.7 Å². The van der Waals surface area contributed by atoms with E-state index >= 15 is 0 Å². The van der Waals surface area contributed by atoms with Crippen LogP contribution in [0.3, 0.4) is 0 Å². The highest BCUT2D eigenvalue weighted by Gasteiger charge is 2.29. The summed E-state index contributed by atoms with van der Waals surface area (Å²) in [6.45, 7) is 2.36. The van der Waals surface area contributed by atoms with Gasteiger partial charge in [-0.15, -0.1) is 0 Å². The first-order valence-corrected chi connectivity index (χ1v) is 8.68. The minimum atomic E-state index is -0.306. The third-order valence-corrected chi connectivity index (χ3v) is 4.27. The Morgan fingerprint density at radius 3 is 2.38 bits per heavy atom. The van der Waals surface area contributed by atoms with Gasteiger partial charge in [-0.3, -0.25) is 4.79 Å². The monoisotopic (exact) mass is 355 g/mol. The summed E-state index contributed by atoms with van der Waals surface area (Å²) in [5.41, 5.74) is 3.02. The van der Waals surface area contributed by atoms with Gasteiger partial charge in [-0.1, -0.05) is 24.3 Å². The number of nitrogens with one attached hydrogen (secondary N) is 3. The van der Waals surface area contributed by atoms with Gasteiger partial charge in [0.15, 0.2) is 0 Å². The molecule has 0 radical (unpaired) electrons. The number of benzene rings is 2. The van der Waals surface area contributed by atoms with Crippen molar-refractivity contribution in [1.29, 1.82) is 0 Å². The van der Waals surface area contributed by atoms with Crippen LogP contribution in [0.25, 0.3) is 0 Å². The van der Waals surface area contributed by atoms with Gasteiger partial charge in [-0.25, -0.2) is 9.18 Å². The Kier molecular flexibility index (Phi) is 5.51. The largest absolute Gasteiger partial charge is 0.334 e. The third kappa shape index (κ3) is 5.05. The molecule has 6 heteroatoms. The molecule has 2 aromatic carbocycles. The van der Waals surface area contributed by atoms with Crippen LogP contribution < -0.4 is 16.0 Å². The minimum Gasteiger partial charge on any atom is -0.334 e. The Morgan fingerprint density at radius 1 is 1.04 bits per heavy atom. The lowest BCUT2D eigenvalue weighted by molar-refractivity contribution is -0.117. The van der Waals surface area contributed by atoms with Crippen molar-refractivity contribution in [1.82, 2.24) is 10.6 Å². The molecule has 0 heterocycles. The second-order valence-electron chi connectivity index (χ2n) is 6.58. The van der Waals surface area contributed by atoms with E-state index < -0.39 is 0 Å². The number of carbonyl (C=O) groups is 2.